The first-order chi connectivity index (χ1) is 18.4. The number of allylic oxidation sites excluding steroid dienone is 2. The second-order valence-electron chi connectivity index (χ2n) is 11.0. The van der Waals surface area contributed by atoms with Crippen molar-refractivity contribution < 1.29 is 23.8 Å². The summed E-state index contributed by atoms with van der Waals surface area (Å²) in [7, 11) is 3.39. The predicted octanol–water partition coefficient (Wildman–Crippen LogP) is 1.29. The predicted molar refractivity (Wildman–Crippen MR) is 146 cm³/mol. The zero-order valence-corrected chi connectivity index (χ0v) is 23.4. The number of amidine groups is 1. The molecule has 212 valence electrons. The number of morpholine rings is 1. The number of unbranched alkanes of at least 4 members (excludes halogenated alkanes) is 1. The van der Waals surface area contributed by atoms with E-state index in [1.54, 1.807) is 14.2 Å². The second-order valence-corrected chi connectivity index (χ2v) is 11.0. The number of aliphatic imine (C=N–C) groups is 1. The highest BCUT2D eigenvalue weighted by Gasteiger charge is 2.43. The highest BCUT2D eigenvalue weighted by atomic mass is 16.5. The van der Waals surface area contributed by atoms with Crippen LogP contribution in [-0.2, 0) is 23.8 Å². The summed E-state index contributed by atoms with van der Waals surface area (Å²) in [6, 6.07) is -0.313. The Labute approximate surface area is 227 Å². The molecule has 0 aromatic carbocycles. The van der Waals surface area contributed by atoms with E-state index in [0.29, 0.717) is 71.3 Å². The monoisotopic (exact) mass is 531 g/mol. The number of carbonyl (C=O) groups excluding carboxylic acids is 2. The maximum atomic E-state index is 14.3. The number of hydrogen-bond donors (Lipinski definition) is 1. The lowest BCUT2D eigenvalue weighted by Gasteiger charge is -2.40. The molecule has 1 N–H and O–H groups in total. The number of methoxy groups -OCH3 is 2. The molecule has 0 saturated carbocycles. The Morgan fingerprint density at radius 1 is 1.21 bits per heavy atom. The summed E-state index contributed by atoms with van der Waals surface area (Å²) < 4.78 is 16.4. The number of rotatable bonds is 11. The smallest absolute Gasteiger partial charge is 0.289 e. The van der Waals surface area contributed by atoms with Gasteiger partial charge in [-0.15, -0.1) is 0 Å². The lowest BCUT2D eigenvalue weighted by molar-refractivity contribution is -0.142. The molecule has 4 aliphatic rings. The molecule has 4 rings (SSSR count). The highest BCUT2D eigenvalue weighted by molar-refractivity contribution is 6.38. The average molecular weight is 532 g/mol. The Kier molecular flexibility index (Phi) is 10.3. The van der Waals surface area contributed by atoms with E-state index in [1.165, 1.54) is 0 Å². The van der Waals surface area contributed by atoms with Crippen molar-refractivity contribution in [2.45, 2.75) is 51.3 Å². The van der Waals surface area contributed by atoms with Gasteiger partial charge in [-0.25, -0.2) is 0 Å². The van der Waals surface area contributed by atoms with E-state index in [-0.39, 0.29) is 41.8 Å². The number of ether oxygens (including phenoxy) is 3. The van der Waals surface area contributed by atoms with Gasteiger partial charge in [0.15, 0.2) is 5.84 Å². The fourth-order valence-corrected chi connectivity index (χ4v) is 5.78. The number of piperidine rings is 1. The standard InChI is InChI=1S/C28H45N5O5/c1-20(2)19-33(22-16-21(17-29-18-22)27(34)31-11-14-38-15-12-31)28(35)26-30-25-23(8-7-9-24(25)37-4)32(26)10-5-6-13-36-3/h7-9,20-22,24-25,29H,5-6,10-19H2,1-4H3. The van der Waals surface area contributed by atoms with Gasteiger partial charge in [0, 0.05) is 71.8 Å². The number of hydrogen-bond acceptors (Lipinski definition) is 8. The van der Waals surface area contributed by atoms with Crippen LogP contribution in [0.25, 0.3) is 0 Å². The Morgan fingerprint density at radius 3 is 2.71 bits per heavy atom. The fourth-order valence-electron chi connectivity index (χ4n) is 5.78. The molecule has 0 aromatic rings. The Bertz CT molecular complexity index is 913. The third kappa shape index (κ3) is 6.65. The van der Waals surface area contributed by atoms with Gasteiger partial charge < -0.3 is 34.2 Å². The van der Waals surface area contributed by atoms with Crippen LogP contribution >= 0.6 is 0 Å². The summed E-state index contributed by atoms with van der Waals surface area (Å²) in [6.07, 6.45) is 8.27. The Morgan fingerprint density at radius 2 is 2.00 bits per heavy atom. The molecule has 2 fully saturated rings. The summed E-state index contributed by atoms with van der Waals surface area (Å²) in [6.45, 7) is 9.97. The molecule has 1 aliphatic carbocycles. The quantitative estimate of drug-likeness (QED) is 0.402. The molecular weight excluding hydrogens is 486 g/mol. The van der Waals surface area contributed by atoms with Gasteiger partial charge in [0.05, 0.1) is 19.1 Å². The molecule has 2 saturated heterocycles. The van der Waals surface area contributed by atoms with E-state index in [0.717, 1.165) is 18.5 Å². The first-order valence-electron chi connectivity index (χ1n) is 14.1. The summed E-state index contributed by atoms with van der Waals surface area (Å²) in [5.41, 5.74) is 1.01. The normalized spacial score (nSPS) is 27.3. The minimum Gasteiger partial charge on any atom is -0.385 e. The largest absolute Gasteiger partial charge is 0.385 e. The molecule has 38 heavy (non-hydrogen) atoms. The van der Waals surface area contributed by atoms with Gasteiger partial charge in [0.25, 0.3) is 5.91 Å². The zero-order valence-electron chi connectivity index (χ0n) is 23.4. The molecule has 4 unspecified atom stereocenters. The Balaban J connectivity index is 1.54. The molecule has 4 atom stereocenters. The summed E-state index contributed by atoms with van der Waals surface area (Å²) in [5, 5.41) is 3.45. The molecule has 3 heterocycles. The van der Waals surface area contributed by atoms with Gasteiger partial charge >= 0.3 is 0 Å². The van der Waals surface area contributed by atoms with Crippen molar-refractivity contribution in [3.63, 3.8) is 0 Å². The van der Waals surface area contributed by atoms with Gasteiger partial charge in [-0.05, 0) is 31.3 Å². The topological polar surface area (TPSA) is 95.9 Å². The van der Waals surface area contributed by atoms with Gasteiger partial charge in [-0.3, -0.25) is 14.6 Å². The lowest BCUT2D eigenvalue weighted by atomic mass is 9.92. The third-order valence-electron chi connectivity index (χ3n) is 7.72. The van der Waals surface area contributed by atoms with Gasteiger partial charge in [0.2, 0.25) is 5.91 Å². The first-order valence-corrected chi connectivity index (χ1v) is 14.1. The van der Waals surface area contributed by atoms with Crippen molar-refractivity contribution in [3.8, 4) is 0 Å². The van der Waals surface area contributed by atoms with E-state index >= 15 is 0 Å². The van der Waals surface area contributed by atoms with Crippen LogP contribution in [0.1, 0.15) is 33.1 Å². The summed E-state index contributed by atoms with van der Waals surface area (Å²) >= 11 is 0. The van der Waals surface area contributed by atoms with E-state index in [4.69, 9.17) is 19.2 Å². The molecule has 10 nitrogen and oxygen atoms in total. The maximum Gasteiger partial charge on any atom is 0.289 e. The van der Waals surface area contributed by atoms with Crippen LogP contribution in [0.2, 0.25) is 0 Å². The van der Waals surface area contributed by atoms with Crippen LogP contribution in [0.5, 0.6) is 0 Å². The number of nitrogens with one attached hydrogen (secondary N) is 1. The molecule has 0 radical (unpaired) electrons. The summed E-state index contributed by atoms with van der Waals surface area (Å²) in [4.78, 5) is 38.5. The maximum absolute atomic E-state index is 14.3. The van der Waals surface area contributed by atoms with Crippen molar-refractivity contribution in [1.82, 2.24) is 20.0 Å². The number of amides is 2. The van der Waals surface area contributed by atoms with Gasteiger partial charge in [-0.2, -0.15) is 0 Å². The zero-order chi connectivity index (χ0) is 27.1. The molecule has 10 heteroatoms. The van der Waals surface area contributed by atoms with Crippen LogP contribution in [0.15, 0.2) is 28.9 Å². The first kappa shape index (κ1) is 28.7. The SMILES string of the molecule is COCCCCN1C2=CC=CC(OC)C2N=C1C(=O)N(CC(C)C)C1CNCC(C(=O)N2CCOCC2)C1. The van der Waals surface area contributed by atoms with Crippen LogP contribution in [-0.4, -0.2) is 124 Å². The third-order valence-corrected chi connectivity index (χ3v) is 7.72. The minimum absolute atomic E-state index is 0.0677. The van der Waals surface area contributed by atoms with Crippen molar-refractivity contribution in [2.24, 2.45) is 16.8 Å². The summed E-state index contributed by atoms with van der Waals surface area (Å²) in [5.74, 6) is 0.692. The number of fused-ring (bicyclic) bond motifs is 1. The number of carbonyl (C=O) groups is 2. The molecular formula is C28H45N5O5. The lowest BCUT2D eigenvalue weighted by Crippen LogP contribution is -2.57. The van der Waals surface area contributed by atoms with Crippen LogP contribution in [0.4, 0.5) is 0 Å². The average Bonchev–Trinajstić information content (AvgIpc) is 3.32. The van der Waals surface area contributed by atoms with Crippen LogP contribution < -0.4 is 5.32 Å². The fraction of sp³-hybridized carbons (Fsp3) is 0.750. The van der Waals surface area contributed by atoms with Crippen LogP contribution in [0, 0.1) is 11.8 Å². The van der Waals surface area contributed by atoms with Crippen molar-refractivity contribution in [1.29, 1.82) is 0 Å². The van der Waals surface area contributed by atoms with Crippen molar-refractivity contribution >= 4 is 17.6 Å². The molecule has 0 aromatic heterocycles. The second kappa shape index (κ2) is 13.7. The molecule has 0 bridgehead atoms. The molecule has 0 spiro atoms. The minimum atomic E-state index is -0.229. The van der Waals surface area contributed by atoms with Gasteiger partial charge in [0.1, 0.15) is 12.1 Å². The van der Waals surface area contributed by atoms with Crippen molar-refractivity contribution in [2.75, 3.05) is 73.3 Å². The van der Waals surface area contributed by atoms with E-state index in [9.17, 15) is 9.59 Å². The van der Waals surface area contributed by atoms with Gasteiger partial charge in [-0.1, -0.05) is 26.0 Å². The number of nitrogens with zero attached hydrogens (tertiary/aromatic N) is 4. The van der Waals surface area contributed by atoms with Crippen molar-refractivity contribution in [3.05, 3.63) is 23.9 Å². The molecule has 3 aliphatic heterocycles. The Hall–Kier alpha value is -2.27. The van der Waals surface area contributed by atoms with Crippen LogP contribution in [0.3, 0.4) is 0 Å². The van der Waals surface area contributed by atoms with E-state index in [1.807, 2.05) is 28.0 Å². The van der Waals surface area contributed by atoms with E-state index < -0.39 is 0 Å². The van der Waals surface area contributed by atoms with E-state index in [2.05, 4.69) is 24.1 Å². The molecule has 2 amide bonds. The highest BCUT2D eigenvalue weighted by Crippen LogP contribution is 2.31.